The molecule has 110 valence electrons. The Morgan fingerprint density at radius 1 is 1.40 bits per heavy atom. The fraction of sp³-hybridized carbons (Fsp3) is 0.562. The molecular formula is C16H23NO3. The smallest absolute Gasteiger partial charge is 0.253 e. The number of aromatic hydroxyl groups is 1. The molecule has 0 aliphatic carbocycles. The first kappa shape index (κ1) is 14.7. The van der Waals surface area contributed by atoms with Gasteiger partial charge in [-0.1, -0.05) is 20.3 Å². The second-order valence-corrected chi connectivity index (χ2v) is 5.84. The summed E-state index contributed by atoms with van der Waals surface area (Å²) in [6.07, 6.45) is 3.23. The maximum Gasteiger partial charge on any atom is 0.253 e. The van der Waals surface area contributed by atoms with E-state index < -0.39 is 0 Å². The Labute approximate surface area is 120 Å². The summed E-state index contributed by atoms with van der Waals surface area (Å²) >= 11 is 0. The molecule has 1 aromatic rings. The topological polar surface area (TPSA) is 49.8 Å². The summed E-state index contributed by atoms with van der Waals surface area (Å²) < 4.78 is 4.99. The van der Waals surface area contributed by atoms with Crippen molar-refractivity contribution < 1.29 is 14.6 Å². The first-order valence-corrected chi connectivity index (χ1v) is 7.15. The van der Waals surface area contributed by atoms with E-state index in [1.807, 2.05) is 4.90 Å². The Morgan fingerprint density at radius 2 is 2.05 bits per heavy atom. The average Bonchev–Trinajstić information content (AvgIpc) is 2.47. The van der Waals surface area contributed by atoms with Crippen molar-refractivity contribution in [2.45, 2.75) is 33.1 Å². The van der Waals surface area contributed by atoms with E-state index in [1.165, 1.54) is 13.2 Å². The largest absolute Gasteiger partial charge is 0.504 e. The second-order valence-electron chi connectivity index (χ2n) is 5.84. The molecule has 0 unspecified atom stereocenters. The van der Waals surface area contributed by atoms with Gasteiger partial charge in [0.15, 0.2) is 11.5 Å². The van der Waals surface area contributed by atoms with E-state index in [4.69, 9.17) is 4.74 Å². The fourth-order valence-electron chi connectivity index (χ4n) is 2.61. The number of ether oxygens (including phenoxy) is 1. The molecule has 4 heteroatoms. The molecule has 0 spiro atoms. The van der Waals surface area contributed by atoms with Gasteiger partial charge in [-0.3, -0.25) is 4.79 Å². The summed E-state index contributed by atoms with van der Waals surface area (Å²) in [5.74, 6) is 0.383. The minimum atomic E-state index is -0.0129. The predicted octanol–water partition coefficient (Wildman–Crippen LogP) is 3.05. The van der Waals surface area contributed by atoms with Crippen LogP contribution in [0.3, 0.4) is 0 Å². The Kier molecular flexibility index (Phi) is 4.21. The molecule has 1 fully saturated rings. The van der Waals surface area contributed by atoms with E-state index >= 15 is 0 Å². The van der Waals surface area contributed by atoms with Gasteiger partial charge in [0.1, 0.15) is 0 Å². The van der Waals surface area contributed by atoms with Gasteiger partial charge in [0.25, 0.3) is 5.91 Å². The Bertz CT molecular complexity index is 490. The number of methoxy groups -OCH3 is 1. The lowest BCUT2D eigenvalue weighted by molar-refractivity contribution is 0.0600. The van der Waals surface area contributed by atoms with Crippen LogP contribution < -0.4 is 4.74 Å². The third-order valence-corrected chi connectivity index (χ3v) is 4.54. The van der Waals surface area contributed by atoms with Crippen LogP contribution in [-0.4, -0.2) is 36.1 Å². The summed E-state index contributed by atoms with van der Waals surface area (Å²) in [7, 11) is 1.49. The van der Waals surface area contributed by atoms with Gasteiger partial charge in [0.05, 0.1) is 7.11 Å². The normalized spacial score (nSPS) is 17.9. The number of hydrogen-bond acceptors (Lipinski definition) is 3. The summed E-state index contributed by atoms with van der Waals surface area (Å²) in [6, 6.07) is 4.81. The first-order valence-electron chi connectivity index (χ1n) is 7.15. The lowest BCUT2D eigenvalue weighted by Crippen LogP contribution is -2.41. The molecule has 4 nitrogen and oxygen atoms in total. The number of hydrogen-bond donors (Lipinski definition) is 1. The molecule has 1 saturated heterocycles. The van der Waals surface area contributed by atoms with E-state index in [9.17, 15) is 9.90 Å². The zero-order valence-corrected chi connectivity index (χ0v) is 12.5. The highest BCUT2D eigenvalue weighted by Crippen LogP contribution is 2.34. The number of likely N-dealkylation sites (tertiary alicyclic amines) is 1. The maximum atomic E-state index is 12.4. The van der Waals surface area contributed by atoms with Crippen molar-refractivity contribution in [3.63, 3.8) is 0 Å². The number of rotatable bonds is 3. The van der Waals surface area contributed by atoms with Crippen molar-refractivity contribution in [1.29, 1.82) is 0 Å². The molecule has 1 amide bonds. The van der Waals surface area contributed by atoms with Crippen molar-refractivity contribution >= 4 is 5.91 Å². The molecule has 1 aliphatic rings. The van der Waals surface area contributed by atoms with Gasteiger partial charge in [-0.15, -0.1) is 0 Å². The number of carbonyl (C=O) groups is 1. The quantitative estimate of drug-likeness (QED) is 0.923. The van der Waals surface area contributed by atoms with Crippen LogP contribution in [0.2, 0.25) is 0 Å². The van der Waals surface area contributed by atoms with Crippen molar-refractivity contribution in [1.82, 2.24) is 4.90 Å². The third-order valence-electron chi connectivity index (χ3n) is 4.54. The van der Waals surface area contributed by atoms with E-state index in [0.29, 0.717) is 16.7 Å². The van der Waals surface area contributed by atoms with E-state index in [0.717, 1.165) is 32.4 Å². The molecule has 0 bridgehead atoms. The molecule has 1 aromatic carbocycles. The summed E-state index contributed by atoms with van der Waals surface area (Å²) in [6.45, 7) is 6.07. The van der Waals surface area contributed by atoms with Crippen LogP contribution >= 0.6 is 0 Å². The number of nitrogens with zero attached hydrogens (tertiary/aromatic N) is 1. The number of carbonyl (C=O) groups excluding carboxylic acids is 1. The molecule has 0 aromatic heterocycles. The molecule has 1 N–H and O–H groups in total. The predicted molar refractivity (Wildman–Crippen MR) is 78.2 cm³/mol. The van der Waals surface area contributed by atoms with E-state index in [2.05, 4.69) is 13.8 Å². The van der Waals surface area contributed by atoms with Crippen LogP contribution in [0.5, 0.6) is 11.5 Å². The molecule has 0 radical (unpaired) electrons. The van der Waals surface area contributed by atoms with Crippen LogP contribution in [0.15, 0.2) is 18.2 Å². The Morgan fingerprint density at radius 3 is 2.55 bits per heavy atom. The van der Waals surface area contributed by atoms with Gasteiger partial charge in [0.2, 0.25) is 0 Å². The van der Waals surface area contributed by atoms with Crippen molar-refractivity contribution in [3.05, 3.63) is 23.8 Å². The number of benzene rings is 1. The summed E-state index contributed by atoms with van der Waals surface area (Å²) in [5.41, 5.74) is 0.877. The lowest BCUT2D eigenvalue weighted by atomic mass is 9.78. The van der Waals surface area contributed by atoms with Crippen molar-refractivity contribution in [2.24, 2.45) is 5.41 Å². The van der Waals surface area contributed by atoms with Crippen LogP contribution in [-0.2, 0) is 0 Å². The highest BCUT2D eigenvalue weighted by atomic mass is 16.5. The molecule has 1 heterocycles. The highest BCUT2D eigenvalue weighted by molar-refractivity contribution is 5.95. The molecule has 20 heavy (non-hydrogen) atoms. The van der Waals surface area contributed by atoms with Crippen molar-refractivity contribution in [3.8, 4) is 11.5 Å². The Balaban J connectivity index is 2.07. The van der Waals surface area contributed by atoms with Crippen LogP contribution in [0.4, 0.5) is 0 Å². The minimum Gasteiger partial charge on any atom is -0.504 e. The van der Waals surface area contributed by atoms with Gasteiger partial charge in [0, 0.05) is 18.7 Å². The number of amides is 1. The Hall–Kier alpha value is -1.71. The standard InChI is InChI=1S/C16H23NO3/c1-4-16(2)7-9-17(10-8-16)15(19)12-5-6-14(20-3)13(18)11-12/h5-6,11,18H,4,7-10H2,1-3H3. The van der Waals surface area contributed by atoms with Gasteiger partial charge in [-0.2, -0.15) is 0 Å². The molecule has 1 aliphatic heterocycles. The van der Waals surface area contributed by atoms with Crippen LogP contribution in [0.25, 0.3) is 0 Å². The number of phenolic OH excluding ortho intramolecular Hbond substituents is 1. The lowest BCUT2D eigenvalue weighted by Gasteiger charge is -2.39. The van der Waals surface area contributed by atoms with Crippen LogP contribution in [0, 0.1) is 5.41 Å². The van der Waals surface area contributed by atoms with Gasteiger partial charge >= 0.3 is 0 Å². The van der Waals surface area contributed by atoms with E-state index in [1.54, 1.807) is 12.1 Å². The van der Waals surface area contributed by atoms with Gasteiger partial charge in [-0.25, -0.2) is 0 Å². The minimum absolute atomic E-state index is 0.00811. The zero-order chi connectivity index (χ0) is 14.8. The van der Waals surface area contributed by atoms with Crippen molar-refractivity contribution in [2.75, 3.05) is 20.2 Å². The highest BCUT2D eigenvalue weighted by Gasteiger charge is 2.30. The first-order chi connectivity index (χ1) is 9.49. The maximum absolute atomic E-state index is 12.4. The SMILES string of the molecule is CCC1(C)CCN(C(=O)c2ccc(OC)c(O)c2)CC1. The average molecular weight is 277 g/mol. The van der Waals surface area contributed by atoms with Gasteiger partial charge in [-0.05, 0) is 36.5 Å². The van der Waals surface area contributed by atoms with E-state index in [-0.39, 0.29) is 11.7 Å². The van der Waals surface area contributed by atoms with Gasteiger partial charge < -0.3 is 14.7 Å². The summed E-state index contributed by atoms with van der Waals surface area (Å²) in [4.78, 5) is 14.3. The molecule has 0 saturated carbocycles. The second kappa shape index (κ2) is 5.73. The zero-order valence-electron chi connectivity index (χ0n) is 12.5. The number of phenols is 1. The third kappa shape index (κ3) is 2.89. The summed E-state index contributed by atoms with van der Waals surface area (Å²) in [5, 5.41) is 9.76. The fourth-order valence-corrected chi connectivity index (χ4v) is 2.61. The molecule has 0 atom stereocenters. The molecule has 2 rings (SSSR count). The number of piperidine rings is 1. The van der Waals surface area contributed by atoms with Crippen LogP contribution in [0.1, 0.15) is 43.5 Å². The monoisotopic (exact) mass is 277 g/mol. The molecular weight excluding hydrogens is 254 g/mol.